The number of benzene rings is 2. The van der Waals surface area contributed by atoms with Gasteiger partial charge in [0, 0.05) is 17.5 Å². The van der Waals surface area contributed by atoms with Crippen LogP contribution in [0, 0.1) is 6.92 Å². The van der Waals surface area contributed by atoms with Crippen molar-refractivity contribution in [2.24, 2.45) is 0 Å². The van der Waals surface area contributed by atoms with Gasteiger partial charge in [0.2, 0.25) is 0 Å². The van der Waals surface area contributed by atoms with Gasteiger partial charge in [-0.1, -0.05) is 107 Å². The van der Waals surface area contributed by atoms with E-state index in [1.165, 1.54) is 57.8 Å². The van der Waals surface area contributed by atoms with Crippen molar-refractivity contribution in [2.75, 3.05) is 6.54 Å². The SMILES string of the molecule is CCCCCCCCCCCCNC(=O)c1cc(-c2ccccc2C)nc2ccccc12. The Hall–Kier alpha value is -2.68. The van der Waals surface area contributed by atoms with E-state index in [1.54, 1.807) is 0 Å². The molecule has 3 aromatic rings. The van der Waals surface area contributed by atoms with Crippen LogP contribution in [0.4, 0.5) is 0 Å². The molecule has 1 aromatic heterocycles. The molecule has 170 valence electrons. The van der Waals surface area contributed by atoms with Crippen LogP contribution in [0.25, 0.3) is 22.2 Å². The molecule has 1 heterocycles. The molecule has 0 aliphatic heterocycles. The molecule has 1 N–H and O–H groups in total. The van der Waals surface area contributed by atoms with Crippen molar-refractivity contribution in [3.05, 3.63) is 65.7 Å². The van der Waals surface area contributed by atoms with Crippen LogP contribution >= 0.6 is 0 Å². The van der Waals surface area contributed by atoms with Gasteiger partial charge in [0.15, 0.2) is 0 Å². The Balaban J connectivity index is 1.53. The third kappa shape index (κ3) is 6.91. The maximum absolute atomic E-state index is 13.0. The number of carbonyl (C=O) groups is 1. The Bertz CT molecular complexity index is 995. The number of carbonyl (C=O) groups excluding carboxylic acids is 1. The first-order chi connectivity index (χ1) is 15.7. The van der Waals surface area contributed by atoms with E-state index in [-0.39, 0.29) is 5.91 Å². The topological polar surface area (TPSA) is 42.0 Å². The molecule has 1 amide bonds. The predicted molar refractivity (Wildman–Crippen MR) is 136 cm³/mol. The maximum Gasteiger partial charge on any atom is 0.252 e. The lowest BCUT2D eigenvalue weighted by atomic mass is 10.0. The summed E-state index contributed by atoms with van der Waals surface area (Å²) >= 11 is 0. The van der Waals surface area contributed by atoms with E-state index in [2.05, 4.69) is 31.3 Å². The van der Waals surface area contributed by atoms with Crippen molar-refractivity contribution in [3.63, 3.8) is 0 Å². The zero-order valence-electron chi connectivity index (χ0n) is 19.8. The predicted octanol–water partition coefficient (Wildman–Crippen LogP) is 7.86. The quantitative estimate of drug-likeness (QED) is 0.280. The summed E-state index contributed by atoms with van der Waals surface area (Å²) in [4.78, 5) is 17.9. The average Bonchev–Trinajstić information content (AvgIpc) is 2.82. The fraction of sp³-hybridized carbons (Fsp3) is 0.448. The number of hydrogen-bond donors (Lipinski definition) is 1. The summed E-state index contributed by atoms with van der Waals surface area (Å²) in [5.74, 6) is -0.00522. The third-order valence-electron chi connectivity index (χ3n) is 6.20. The Morgan fingerprint density at radius 3 is 2.16 bits per heavy atom. The van der Waals surface area contributed by atoms with Gasteiger partial charge in [-0.15, -0.1) is 0 Å². The van der Waals surface area contributed by atoms with Gasteiger partial charge in [-0.05, 0) is 31.0 Å². The largest absolute Gasteiger partial charge is 0.352 e. The van der Waals surface area contributed by atoms with Crippen LogP contribution in [0.15, 0.2) is 54.6 Å². The Morgan fingerprint density at radius 1 is 0.812 bits per heavy atom. The molecule has 0 unspecified atom stereocenters. The van der Waals surface area contributed by atoms with Gasteiger partial charge < -0.3 is 5.32 Å². The van der Waals surface area contributed by atoms with Crippen LogP contribution in [0.1, 0.15) is 87.1 Å². The third-order valence-corrected chi connectivity index (χ3v) is 6.20. The number of hydrogen-bond acceptors (Lipinski definition) is 2. The number of rotatable bonds is 13. The van der Waals surface area contributed by atoms with E-state index in [0.29, 0.717) is 5.56 Å². The Labute approximate surface area is 193 Å². The van der Waals surface area contributed by atoms with Crippen LogP contribution in [0.5, 0.6) is 0 Å². The van der Waals surface area contributed by atoms with Crippen molar-refractivity contribution < 1.29 is 4.79 Å². The van der Waals surface area contributed by atoms with Crippen molar-refractivity contribution in [3.8, 4) is 11.3 Å². The zero-order chi connectivity index (χ0) is 22.6. The summed E-state index contributed by atoms with van der Waals surface area (Å²) < 4.78 is 0. The molecule has 0 saturated carbocycles. The van der Waals surface area contributed by atoms with E-state index in [0.717, 1.165) is 40.7 Å². The molecule has 3 nitrogen and oxygen atoms in total. The van der Waals surface area contributed by atoms with E-state index in [1.807, 2.05) is 42.5 Å². The van der Waals surface area contributed by atoms with Crippen LogP contribution in [0.2, 0.25) is 0 Å². The van der Waals surface area contributed by atoms with Crippen LogP contribution in [-0.4, -0.2) is 17.4 Å². The molecule has 2 aromatic carbocycles. The summed E-state index contributed by atoms with van der Waals surface area (Å²) in [5, 5.41) is 4.05. The van der Waals surface area contributed by atoms with Gasteiger partial charge in [-0.25, -0.2) is 4.98 Å². The summed E-state index contributed by atoms with van der Waals surface area (Å²) in [5.41, 5.74) is 4.65. The molecule has 0 aliphatic rings. The van der Waals surface area contributed by atoms with Gasteiger partial charge in [0.05, 0.1) is 16.8 Å². The number of fused-ring (bicyclic) bond motifs is 1. The van der Waals surface area contributed by atoms with Gasteiger partial charge in [0.1, 0.15) is 0 Å². The fourth-order valence-corrected chi connectivity index (χ4v) is 4.27. The normalized spacial score (nSPS) is 11.1. The molecular weight excluding hydrogens is 392 g/mol. The number of pyridine rings is 1. The van der Waals surface area contributed by atoms with Crippen molar-refractivity contribution in [1.82, 2.24) is 10.3 Å². The molecule has 0 fully saturated rings. The average molecular weight is 431 g/mol. The molecule has 0 saturated heterocycles. The molecule has 0 atom stereocenters. The lowest BCUT2D eigenvalue weighted by molar-refractivity contribution is 0.0954. The highest BCUT2D eigenvalue weighted by Gasteiger charge is 2.14. The van der Waals surface area contributed by atoms with Gasteiger partial charge >= 0.3 is 0 Å². The second-order valence-corrected chi connectivity index (χ2v) is 8.83. The minimum Gasteiger partial charge on any atom is -0.352 e. The van der Waals surface area contributed by atoms with E-state index in [4.69, 9.17) is 4.98 Å². The summed E-state index contributed by atoms with van der Waals surface area (Å²) in [7, 11) is 0. The van der Waals surface area contributed by atoms with E-state index in [9.17, 15) is 4.79 Å². The maximum atomic E-state index is 13.0. The molecule has 0 radical (unpaired) electrons. The number of nitrogens with one attached hydrogen (secondary N) is 1. The Morgan fingerprint density at radius 2 is 1.44 bits per heavy atom. The van der Waals surface area contributed by atoms with Crippen molar-refractivity contribution >= 4 is 16.8 Å². The summed E-state index contributed by atoms with van der Waals surface area (Å²) in [6, 6.07) is 18.0. The highest BCUT2D eigenvalue weighted by molar-refractivity contribution is 6.07. The number of aryl methyl sites for hydroxylation is 1. The van der Waals surface area contributed by atoms with Crippen molar-refractivity contribution in [2.45, 2.75) is 78.1 Å². The number of unbranched alkanes of at least 4 members (excludes halogenated alkanes) is 9. The second kappa shape index (κ2) is 13.0. The Kier molecular flexibility index (Phi) is 9.74. The van der Waals surface area contributed by atoms with Crippen LogP contribution < -0.4 is 5.32 Å². The highest BCUT2D eigenvalue weighted by Crippen LogP contribution is 2.27. The van der Waals surface area contributed by atoms with Crippen LogP contribution in [-0.2, 0) is 0 Å². The molecule has 0 spiro atoms. The number of aromatic nitrogens is 1. The molecule has 0 aliphatic carbocycles. The molecule has 3 rings (SSSR count). The first kappa shape index (κ1) is 24.0. The standard InChI is InChI=1S/C29H38N2O/c1-3-4-5-6-7-8-9-10-11-16-21-30-29(32)26-22-28(24-18-13-12-17-23(24)2)31-27-20-15-14-19-25(26)27/h12-15,17-20,22H,3-11,16,21H2,1-2H3,(H,30,32). The first-order valence-corrected chi connectivity index (χ1v) is 12.4. The van der Waals surface area contributed by atoms with Gasteiger partial charge in [-0.3, -0.25) is 4.79 Å². The second-order valence-electron chi connectivity index (χ2n) is 8.83. The lowest BCUT2D eigenvalue weighted by Crippen LogP contribution is -2.24. The zero-order valence-corrected chi connectivity index (χ0v) is 19.8. The number of nitrogens with zero attached hydrogens (tertiary/aromatic N) is 1. The number of amides is 1. The minimum atomic E-state index is -0.00522. The first-order valence-electron chi connectivity index (χ1n) is 12.4. The van der Waals surface area contributed by atoms with Gasteiger partial charge in [-0.2, -0.15) is 0 Å². The summed E-state index contributed by atoms with van der Waals surface area (Å²) in [6.45, 7) is 5.07. The van der Waals surface area contributed by atoms with E-state index >= 15 is 0 Å². The smallest absolute Gasteiger partial charge is 0.252 e. The highest BCUT2D eigenvalue weighted by atomic mass is 16.1. The minimum absolute atomic E-state index is 0.00522. The van der Waals surface area contributed by atoms with E-state index < -0.39 is 0 Å². The molecule has 3 heteroatoms. The fourth-order valence-electron chi connectivity index (χ4n) is 4.27. The lowest BCUT2D eigenvalue weighted by Gasteiger charge is -2.12. The number of para-hydroxylation sites is 1. The summed E-state index contributed by atoms with van der Waals surface area (Å²) in [6.07, 6.45) is 13.0. The monoisotopic (exact) mass is 430 g/mol. The molecule has 32 heavy (non-hydrogen) atoms. The van der Waals surface area contributed by atoms with Crippen LogP contribution in [0.3, 0.4) is 0 Å². The van der Waals surface area contributed by atoms with Crippen molar-refractivity contribution in [1.29, 1.82) is 0 Å². The molecular formula is C29H38N2O. The molecule has 0 bridgehead atoms. The van der Waals surface area contributed by atoms with Gasteiger partial charge in [0.25, 0.3) is 5.91 Å².